The lowest BCUT2D eigenvalue weighted by atomic mass is 9.99. The van der Waals surface area contributed by atoms with E-state index < -0.39 is 0 Å². The van der Waals surface area contributed by atoms with Gasteiger partial charge in [-0.25, -0.2) is 4.39 Å². The summed E-state index contributed by atoms with van der Waals surface area (Å²) in [5.41, 5.74) is 1.93. The zero-order chi connectivity index (χ0) is 14.7. The molecule has 0 bridgehead atoms. The molecule has 1 nitrogen and oxygen atoms in total. The fourth-order valence-corrected chi connectivity index (χ4v) is 3.00. The van der Waals surface area contributed by atoms with Crippen LogP contribution in [0, 0.1) is 5.82 Å². The lowest BCUT2D eigenvalue weighted by Gasteiger charge is -2.19. The van der Waals surface area contributed by atoms with E-state index in [9.17, 15) is 4.39 Å². The molecule has 0 radical (unpaired) electrons. The molecule has 106 valence electrons. The van der Waals surface area contributed by atoms with Crippen molar-refractivity contribution in [3.05, 3.63) is 67.9 Å². The summed E-state index contributed by atoms with van der Waals surface area (Å²) in [5, 5.41) is 4.52. The third-order valence-corrected chi connectivity index (χ3v) is 4.44. The molecule has 0 amide bonds. The summed E-state index contributed by atoms with van der Waals surface area (Å²) in [7, 11) is 1.86. The minimum Gasteiger partial charge on any atom is -0.313 e. The second-order valence-electron chi connectivity index (χ2n) is 4.45. The zero-order valence-corrected chi connectivity index (χ0v) is 13.9. The molecule has 0 spiro atoms. The van der Waals surface area contributed by atoms with Gasteiger partial charge in [0.1, 0.15) is 5.82 Å². The summed E-state index contributed by atoms with van der Waals surface area (Å²) in [6.07, 6.45) is 0.678. The Hall–Kier alpha value is -0.610. The van der Waals surface area contributed by atoms with E-state index in [1.807, 2.05) is 13.1 Å². The smallest absolute Gasteiger partial charge is 0.124 e. The summed E-state index contributed by atoms with van der Waals surface area (Å²) in [5.74, 6) is -0.262. The average molecular weight is 377 g/mol. The molecule has 0 saturated carbocycles. The molecule has 1 unspecified atom stereocenters. The molecular weight excluding hydrogens is 364 g/mol. The highest BCUT2D eigenvalue weighted by molar-refractivity contribution is 9.10. The van der Waals surface area contributed by atoms with Crippen LogP contribution in [-0.2, 0) is 6.42 Å². The van der Waals surface area contributed by atoms with Crippen LogP contribution >= 0.6 is 39.1 Å². The van der Waals surface area contributed by atoms with Crippen molar-refractivity contribution in [3.63, 3.8) is 0 Å². The Labute approximate surface area is 136 Å². The lowest BCUT2D eigenvalue weighted by Crippen LogP contribution is -2.19. The molecule has 0 heterocycles. The third kappa shape index (κ3) is 3.73. The summed E-state index contributed by atoms with van der Waals surface area (Å²) in [4.78, 5) is 0. The highest BCUT2D eigenvalue weighted by Gasteiger charge is 2.15. The van der Waals surface area contributed by atoms with E-state index in [0.29, 0.717) is 16.5 Å². The Bertz CT molecular complexity index is 619. The maximum absolute atomic E-state index is 13.1. The van der Waals surface area contributed by atoms with E-state index in [1.165, 1.54) is 12.1 Å². The Morgan fingerprint density at radius 1 is 1.20 bits per heavy atom. The monoisotopic (exact) mass is 375 g/mol. The Morgan fingerprint density at radius 3 is 2.60 bits per heavy atom. The molecule has 2 aromatic rings. The van der Waals surface area contributed by atoms with Crippen LogP contribution in [0.2, 0.25) is 10.0 Å². The predicted octanol–water partition coefficient (Wildman–Crippen LogP) is 5.40. The van der Waals surface area contributed by atoms with Crippen molar-refractivity contribution in [2.45, 2.75) is 12.5 Å². The van der Waals surface area contributed by atoms with Crippen LogP contribution in [0.3, 0.4) is 0 Å². The van der Waals surface area contributed by atoms with E-state index in [1.54, 1.807) is 18.2 Å². The molecule has 0 aliphatic heterocycles. The molecule has 0 aromatic heterocycles. The molecule has 0 saturated heterocycles. The van der Waals surface area contributed by atoms with E-state index in [0.717, 1.165) is 15.6 Å². The summed E-state index contributed by atoms with van der Waals surface area (Å²) in [6.45, 7) is 0. The van der Waals surface area contributed by atoms with Gasteiger partial charge in [0, 0.05) is 20.6 Å². The molecule has 0 aliphatic rings. The predicted molar refractivity (Wildman–Crippen MR) is 86.1 cm³/mol. The summed E-state index contributed by atoms with van der Waals surface area (Å²) < 4.78 is 13.9. The number of rotatable bonds is 4. The SMILES string of the molecule is CNC(Cc1ccc(F)cc1Br)c1cc(Cl)ccc1Cl. The second kappa shape index (κ2) is 6.90. The molecule has 0 fully saturated rings. The first-order chi connectivity index (χ1) is 9.51. The van der Waals surface area contributed by atoms with Gasteiger partial charge in [-0.15, -0.1) is 0 Å². The van der Waals surface area contributed by atoms with E-state index >= 15 is 0 Å². The standard InChI is InChI=1S/C15H13BrCl2FN/c1-20-15(12-7-10(17)3-5-14(12)18)6-9-2-4-11(19)8-13(9)16/h2-5,7-8,15,20H,6H2,1H3. The maximum atomic E-state index is 13.1. The van der Waals surface area contributed by atoms with Crippen LogP contribution in [0.4, 0.5) is 4.39 Å². The van der Waals surface area contributed by atoms with Crippen molar-refractivity contribution in [2.75, 3.05) is 7.05 Å². The van der Waals surface area contributed by atoms with Crippen LogP contribution in [0.25, 0.3) is 0 Å². The third-order valence-electron chi connectivity index (χ3n) is 3.12. The van der Waals surface area contributed by atoms with E-state index in [4.69, 9.17) is 23.2 Å². The Morgan fingerprint density at radius 2 is 1.95 bits per heavy atom. The molecule has 5 heteroatoms. The minimum absolute atomic E-state index is 0.00274. The van der Waals surface area contributed by atoms with Gasteiger partial charge < -0.3 is 5.32 Å². The first kappa shape index (κ1) is 15.8. The second-order valence-corrected chi connectivity index (χ2v) is 6.14. The summed E-state index contributed by atoms with van der Waals surface area (Å²) in [6, 6.07) is 10.1. The molecule has 20 heavy (non-hydrogen) atoms. The van der Waals surface area contributed by atoms with Crippen molar-refractivity contribution < 1.29 is 4.39 Å². The van der Waals surface area contributed by atoms with Gasteiger partial charge in [0.2, 0.25) is 0 Å². The van der Waals surface area contributed by atoms with E-state index in [2.05, 4.69) is 21.2 Å². The van der Waals surface area contributed by atoms with Crippen molar-refractivity contribution in [1.29, 1.82) is 0 Å². The van der Waals surface area contributed by atoms with Gasteiger partial charge in [-0.2, -0.15) is 0 Å². The van der Waals surface area contributed by atoms with Crippen LogP contribution in [0.15, 0.2) is 40.9 Å². The van der Waals surface area contributed by atoms with Crippen LogP contribution in [-0.4, -0.2) is 7.05 Å². The van der Waals surface area contributed by atoms with Crippen LogP contribution in [0.5, 0.6) is 0 Å². The largest absolute Gasteiger partial charge is 0.313 e. The Kier molecular flexibility index (Phi) is 5.44. The number of benzene rings is 2. The number of likely N-dealkylation sites (N-methyl/N-ethyl adjacent to an activating group) is 1. The minimum atomic E-state index is -0.262. The van der Waals surface area contributed by atoms with Crippen LogP contribution in [0.1, 0.15) is 17.2 Å². The number of nitrogens with one attached hydrogen (secondary N) is 1. The van der Waals surface area contributed by atoms with E-state index in [-0.39, 0.29) is 11.9 Å². The molecule has 1 N–H and O–H groups in total. The van der Waals surface area contributed by atoms with Crippen LogP contribution < -0.4 is 5.32 Å². The zero-order valence-electron chi connectivity index (χ0n) is 10.8. The molecular formula is C15H13BrCl2FN. The Balaban J connectivity index is 2.31. The van der Waals surface area contributed by atoms with Crippen molar-refractivity contribution >= 4 is 39.1 Å². The first-order valence-corrected chi connectivity index (χ1v) is 7.62. The molecule has 2 aromatic carbocycles. The van der Waals surface area contributed by atoms with Gasteiger partial charge in [0.05, 0.1) is 0 Å². The average Bonchev–Trinajstić information content (AvgIpc) is 2.41. The van der Waals surface area contributed by atoms with Gasteiger partial charge in [-0.05, 0) is 54.9 Å². The fraction of sp³-hybridized carbons (Fsp3) is 0.200. The van der Waals surface area contributed by atoms with Crippen molar-refractivity contribution in [1.82, 2.24) is 5.32 Å². The molecule has 1 atom stereocenters. The first-order valence-electron chi connectivity index (χ1n) is 6.07. The van der Waals surface area contributed by atoms with Gasteiger partial charge in [0.25, 0.3) is 0 Å². The number of halogens is 4. The van der Waals surface area contributed by atoms with Gasteiger partial charge in [0.15, 0.2) is 0 Å². The van der Waals surface area contributed by atoms with Crippen molar-refractivity contribution in [3.8, 4) is 0 Å². The number of hydrogen-bond donors (Lipinski definition) is 1. The van der Waals surface area contributed by atoms with Crippen molar-refractivity contribution in [2.24, 2.45) is 0 Å². The highest BCUT2D eigenvalue weighted by atomic mass is 79.9. The topological polar surface area (TPSA) is 12.0 Å². The normalized spacial score (nSPS) is 12.4. The van der Waals surface area contributed by atoms with Gasteiger partial charge in [-0.3, -0.25) is 0 Å². The summed E-state index contributed by atoms with van der Waals surface area (Å²) >= 11 is 15.6. The lowest BCUT2D eigenvalue weighted by molar-refractivity contribution is 0.587. The maximum Gasteiger partial charge on any atom is 0.124 e. The fourth-order valence-electron chi connectivity index (χ4n) is 2.06. The van der Waals surface area contributed by atoms with Gasteiger partial charge in [-0.1, -0.05) is 45.2 Å². The quantitative estimate of drug-likeness (QED) is 0.753. The number of hydrogen-bond acceptors (Lipinski definition) is 1. The molecule has 2 rings (SSSR count). The highest BCUT2D eigenvalue weighted by Crippen LogP contribution is 2.30. The molecule has 0 aliphatic carbocycles. The van der Waals surface area contributed by atoms with Gasteiger partial charge >= 0.3 is 0 Å².